The molecule has 0 aliphatic carbocycles. The molecule has 0 saturated carbocycles. The predicted octanol–water partition coefficient (Wildman–Crippen LogP) is 6.53. The van der Waals surface area contributed by atoms with E-state index in [1.807, 2.05) is 73.8 Å². The van der Waals surface area contributed by atoms with E-state index in [0.717, 1.165) is 33.2 Å². The lowest BCUT2D eigenvalue weighted by atomic mass is 9.85. The molecule has 0 spiro atoms. The maximum Gasteiger partial charge on any atom is 0.163 e. The van der Waals surface area contributed by atoms with Crippen molar-refractivity contribution in [2.24, 2.45) is 0 Å². The van der Waals surface area contributed by atoms with Crippen molar-refractivity contribution in [3.8, 4) is 0 Å². The van der Waals surface area contributed by atoms with Crippen molar-refractivity contribution < 1.29 is 4.79 Å². The second kappa shape index (κ2) is 7.42. The zero-order valence-corrected chi connectivity index (χ0v) is 15.8. The number of rotatable bonds is 5. The molecule has 2 nitrogen and oxygen atoms in total. The van der Waals surface area contributed by atoms with Crippen LogP contribution in [0, 0.1) is 6.92 Å². The molecule has 1 unspecified atom stereocenters. The number of nitrogens with one attached hydrogen (secondary N) is 1. The molecule has 0 aliphatic heterocycles. The third kappa shape index (κ3) is 3.67. The number of carbonyl (C=O) groups is 1. The lowest BCUT2D eigenvalue weighted by Crippen LogP contribution is -2.09. The van der Waals surface area contributed by atoms with Crippen LogP contribution in [0.4, 0.5) is 0 Å². The monoisotopic (exact) mass is 373 g/mol. The number of aromatic nitrogens is 1. The van der Waals surface area contributed by atoms with Gasteiger partial charge in [0.2, 0.25) is 0 Å². The Labute approximate surface area is 163 Å². The Balaban J connectivity index is 1.75. The van der Waals surface area contributed by atoms with Gasteiger partial charge >= 0.3 is 0 Å². The van der Waals surface area contributed by atoms with Gasteiger partial charge in [-0.05, 0) is 36.2 Å². The van der Waals surface area contributed by atoms with E-state index in [0.29, 0.717) is 11.4 Å². The van der Waals surface area contributed by atoms with Crippen molar-refractivity contribution in [3.05, 3.63) is 106 Å². The zero-order chi connectivity index (χ0) is 18.8. The van der Waals surface area contributed by atoms with Crippen LogP contribution in [0.1, 0.15) is 39.4 Å². The molecule has 1 N–H and O–H groups in total. The third-order valence-corrected chi connectivity index (χ3v) is 5.28. The van der Waals surface area contributed by atoms with E-state index in [1.54, 1.807) is 0 Å². The molecule has 0 radical (unpaired) electrons. The summed E-state index contributed by atoms with van der Waals surface area (Å²) in [4.78, 5) is 16.3. The lowest BCUT2D eigenvalue weighted by Gasteiger charge is -2.17. The molecule has 3 aromatic carbocycles. The Morgan fingerprint density at radius 3 is 2.41 bits per heavy atom. The van der Waals surface area contributed by atoms with Crippen LogP contribution in [0.2, 0.25) is 5.02 Å². The quantitative estimate of drug-likeness (QED) is 0.396. The number of aryl methyl sites for hydroxylation is 1. The van der Waals surface area contributed by atoms with Crippen LogP contribution in [0.25, 0.3) is 10.9 Å². The molecule has 27 heavy (non-hydrogen) atoms. The summed E-state index contributed by atoms with van der Waals surface area (Å²) < 4.78 is 0. The largest absolute Gasteiger partial charge is 0.361 e. The maximum atomic E-state index is 13.0. The predicted molar refractivity (Wildman–Crippen MR) is 112 cm³/mol. The van der Waals surface area contributed by atoms with Gasteiger partial charge in [0.1, 0.15) is 0 Å². The fourth-order valence-corrected chi connectivity index (χ4v) is 3.65. The molecule has 4 aromatic rings. The molecule has 1 aromatic heterocycles. The van der Waals surface area contributed by atoms with Gasteiger partial charge in [0, 0.05) is 40.0 Å². The summed E-state index contributed by atoms with van der Waals surface area (Å²) in [5.74, 6) is 0.104. The summed E-state index contributed by atoms with van der Waals surface area (Å²) >= 11 is 6.08. The highest BCUT2D eigenvalue weighted by molar-refractivity contribution is 6.30. The Morgan fingerprint density at radius 2 is 1.67 bits per heavy atom. The SMILES string of the molecule is Cc1ccc(C(=O)CC(c2ccc(Cl)cc2)c2c[nH]c3ccccc23)cc1. The van der Waals surface area contributed by atoms with Crippen LogP contribution in [0.5, 0.6) is 0 Å². The van der Waals surface area contributed by atoms with E-state index in [4.69, 9.17) is 11.6 Å². The first-order valence-corrected chi connectivity index (χ1v) is 9.41. The number of benzene rings is 3. The number of hydrogen-bond acceptors (Lipinski definition) is 1. The van der Waals surface area contributed by atoms with Crippen LogP contribution >= 0.6 is 11.6 Å². The van der Waals surface area contributed by atoms with Crippen LogP contribution in [-0.2, 0) is 0 Å². The highest BCUT2D eigenvalue weighted by atomic mass is 35.5. The second-order valence-corrected chi connectivity index (χ2v) is 7.32. The molecular weight excluding hydrogens is 354 g/mol. The van der Waals surface area contributed by atoms with Crippen molar-refractivity contribution in [2.45, 2.75) is 19.3 Å². The minimum Gasteiger partial charge on any atom is -0.361 e. The van der Waals surface area contributed by atoms with Crippen molar-refractivity contribution >= 4 is 28.3 Å². The van der Waals surface area contributed by atoms with Gasteiger partial charge in [-0.25, -0.2) is 0 Å². The van der Waals surface area contributed by atoms with E-state index >= 15 is 0 Å². The molecule has 134 valence electrons. The minimum absolute atomic E-state index is 0.0350. The van der Waals surface area contributed by atoms with Gasteiger partial charge in [0.15, 0.2) is 5.78 Å². The fourth-order valence-electron chi connectivity index (χ4n) is 3.53. The Bertz CT molecular complexity index is 1080. The summed E-state index contributed by atoms with van der Waals surface area (Å²) in [6, 6.07) is 23.8. The number of Topliss-reactive ketones (excluding diaryl/α,β-unsaturated/α-hetero) is 1. The van der Waals surface area contributed by atoms with Crippen molar-refractivity contribution in [1.82, 2.24) is 4.98 Å². The molecule has 3 heteroatoms. The van der Waals surface area contributed by atoms with E-state index in [1.165, 1.54) is 0 Å². The van der Waals surface area contributed by atoms with E-state index in [-0.39, 0.29) is 11.7 Å². The first-order chi connectivity index (χ1) is 13.1. The molecule has 1 heterocycles. The molecule has 1 atom stereocenters. The smallest absolute Gasteiger partial charge is 0.163 e. The van der Waals surface area contributed by atoms with Gasteiger partial charge in [-0.1, -0.05) is 71.8 Å². The van der Waals surface area contributed by atoms with Crippen molar-refractivity contribution in [3.63, 3.8) is 0 Å². The lowest BCUT2D eigenvalue weighted by molar-refractivity contribution is 0.0978. The number of ketones is 1. The third-order valence-electron chi connectivity index (χ3n) is 5.03. The Kier molecular flexibility index (Phi) is 4.83. The van der Waals surface area contributed by atoms with Crippen LogP contribution in [-0.4, -0.2) is 10.8 Å². The molecule has 4 rings (SSSR count). The van der Waals surface area contributed by atoms with E-state index in [9.17, 15) is 4.79 Å². The van der Waals surface area contributed by atoms with Crippen LogP contribution < -0.4 is 0 Å². The molecule has 0 aliphatic rings. The topological polar surface area (TPSA) is 32.9 Å². The van der Waals surface area contributed by atoms with Gasteiger partial charge in [-0.2, -0.15) is 0 Å². The van der Waals surface area contributed by atoms with Crippen LogP contribution in [0.15, 0.2) is 79.0 Å². The van der Waals surface area contributed by atoms with Gasteiger partial charge in [0.25, 0.3) is 0 Å². The molecular formula is C24H20ClNO. The summed E-state index contributed by atoms with van der Waals surface area (Å²) in [6.07, 6.45) is 2.43. The summed E-state index contributed by atoms with van der Waals surface area (Å²) in [5, 5.41) is 1.84. The maximum absolute atomic E-state index is 13.0. The van der Waals surface area contributed by atoms with Crippen molar-refractivity contribution in [1.29, 1.82) is 0 Å². The van der Waals surface area contributed by atoms with Crippen molar-refractivity contribution in [2.75, 3.05) is 0 Å². The number of hydrogen-bond donors (Lipinski definition) is 1. The van der Waals surface area contributed by atoms with E-state index < -0.39 is 0 Å². The Hall–Kier alpha value is -2.84. The number of carbonyl (C=O) groups excluding carboxylic acids is 1. The average molecular weight is 374 g/mol. The summed E-state index contributed by atoms with van der Waals surface area (Å²) in [6.45, 7) is 2.02. The zero-order valence-electron chi connectivity index (χ0n) is 15.1. The van der Waals surface area contributed by atoms with Gasteiger partial charge in [-0.15, -0.1) is 0 Å². The molecule has 0 amide bonds. The standard InChI is InChI=1S/C24H20ClNO/c1-16-6-8-18(9-7-16)24(27)14-21(17-10-12-19(25)13-11-17)22-15-26-23-5-3-2-4-20(22)23/h2-13,15,21,26H,14H2,1H3. The van der Waals surface area contributed by atoms with Crippen LogP contribution in [0.3, 0.4) is 0 Å². The highest BCUT2D eigenvalue weighted by Gasteiger charge is 2.22. The molecule has 0 saturated heterocycles. The van der Waals surface area contributed by atoms with Gasteiger partial charge in [0.05, 0.1) is 0 Å². The number of H-pyrrole nitrogens is 1. The first-order valence-electron chi connectivity index (χ1n) is 9.03. The number of fused-ring (bicyclic) bond motifs is 1. The number of para-hydroxylation sites is 1. The number of halogens is 1. The van der Waals surface area contributed by atoms with Gasteiger partial charge in [-0.3, -0.25) is 4.79 Å². The Morgan fingerprint density at radius 1 is 0.963 bits per heavy atom. The average Bonchev–Trinajstić information content (AvgIpc) is 3.11. The summed E-state index contributed by atoms with van der Waals surface area (Å²) in [5.41, 5.74) is 5.20. The van der Waals surface area contributed by atoms with E-state index in [2.05, 4.69) is 17.1 Å². The summed E-state index contributed by atoms with van der Waals surface area (Å²) in [7, 11) is 0. The first kappa shape index (κ1) is 17.6. The fraction of sp³-hybridized carbons (Fsp3) is 0.125. The number of aromatic amines is 1. The van der Waals surface area contributed by atoms with Gasteiger partial charge < -0.3 is 4.98 Å². The molecule has 0 bridgehead atoms. The second-order valence-electron chi connectivity index (χ2n) is 6.89. The molecule has 0 fully saturated rings. The normalized spacial score (nSPS) is 12.2. The minimum atomic E-state index is -0.0350. The highest BCUT2D eigenvalue weighted by Crippen LogP contribution is 2.34.